The summed E-state index contributed by atoms with van der Waals surface area (Å²) in [6, 6.07) is 1.92. The fourth-order valence-corrected chi connectivity index (χ4v) is 1.52. The van der Waals surface area contributed by atoms with Gasteiger partial charge >= 0.3 is 0 Å². The lowest BCUT2D eigenvalue weighted by molar-refractivity contribution is 0.768. The number of aromatic nitrogens is 5. The zero-order valence-corrected chi connectivity index (χ0v) is 8.20. The Balaban J connectivity index is 2.18. The first-order valence-electron chi connectivity index (χ1n) is 4.61. The van der Waals surface area contributed by atoms with Crippen molar-refractivity contribution in [3.8, 4) is 11.3 Å². The Morgan fingerprint density at radius 1 is 1.13 bits per heavy atom. The van der Waals surface area contributed by atoms with Gasteiger partial charge in [-0.2, -0.15) is 10.2 Å². The largest absolute Gasteiger partial charge is 0.275 e. The lowest BCUT2D eigenvalue weighted by Gasteiger charge is -1.97. The maximum absolute atomic E-state index is 4.35. The third-order valence-corrected chi connectivity index (χ3v) is 2.28. The van der Waals surface area contributed by atoms with Crippen molar-refractivity contribution in [2.24, 2.45) is 7.05 Å². The van der Waals surface area contributed by atoms with Crippen LogP contribution in [0.5, 0.6) is 0 Å². The van der Waals surface area contributed by atoms with Crippen LogP contribution in [-0.4, -0.2) is 24.4 Å². The molecule has 3 heterocycles. The average Bonchev–Trinajstić information content (AvgIpc) is 2.84. The Morgan fingerprint density at radius 3 is 2.87 bits per heavy atom. The number of nitrogens with zero attached hydrogens (tertiary/aromatic N) is 5. The van der Waals surface area contributed by atoms with Crippen LogP contribution in [0.15, 0.2) is 37.1 Å². The molecule has 3 aromatic heterocycles. The number of rotatable bonds is 1. The Bertz CT molecular complexity index is 607. The van der Waals surface area contributed by atoms with Gasteiger partial charge in [0.1, 0.15) is 0 Å². The summed E-state index contributed by atoms with van der Waals surface area (Å²) in [5, 5.41) is 8.27. The van der Waals surface area contributed by atoms with Crippen molar-refractivity contribution < 1.29 is 0 Å². The molecule has 0 aliphatic rings. The molecule has 15 heavy (non-hydrogen) atoms. The van der Waals surface area contributed by atoms with Crippen LogP contribution >= 0.6 is 0 Å². The van der Waals surface area contributed by atoms with E-state index in [2.05, 4.69) is 15.2 Å². The van der Waals surface area contributed by atoms with E-state index in [0.717, 1.165) is 16.8 Å². The number of hydrogen-bond acceptors (Lipinski definition) is 3. The molecule has 0 fully saturated rings. The molecule has 0 N–H and O–H groups in total. The quantitative estimate of drug-likeness (QED) is 0.590. The van der Waals surface area contributed by atoms with Crippen molar-refractivity contribution >= 4 is 5.52 Å². The average molecular weight is 199 g/mol. The highest BCUT2D eigenvalue weighted by molar-refractivity contribution is 5.58. The van der Waals surface area contributed by atoms with Gasteiger partial charge in [-0.05, 0) is 6.07 Å². The summed E-state index contributed by atoms with van der Waals surface area (Å²) in [5.41, 5.74) is 2.86. The fraction of sp³-hybridized carbons (Fsp3) is 0.100. The van der Waals surface area contributed by atoms with E-state index in [1.165, 1.54) is 0 Å². The molecule has 0 saturated carbocycles. The maximum atomic E-state index is 4.35. The molecular weight excluding hydrogens is 190 g/mol. The summed E-state index contributed by atoms with van der Waals surface area (Å²) < 4.78 is 3.56. The summed E-state index contributed by atoms with van der Waals surface area (Å²) in [7, 11) is 1.88. The lowest BCUT2D eigenvalue weighted by atomic mass is 10.3. The smallest absolute Gasteiger partial charge is 0.0917 e. The summed E-state index contributed by atoms with van der Waals surface area (Å²) >= 11 is 0. The number of fused-ring (bicyclic) bond motifs is 1. The normalized spacial score (nSPS) is 11.0. The predicted octanol–water partition coefficient (Wildman–Crippen LogP) is 1.13. The van der Waals surface area contributed by atoms with E-state index in [9.17, 15) is 0 Å². The van der Waals surface area contributed by atoms with Crippen LogP contribution in [-0.2, 0) is 7.05 Å². The van der Waals surface area contributed by atoms with Gasteiger partial charge in [0.05, 0.1) is 36.0 Å². The molecule has 5 heteroatoms. The molecule has 0 saturated heterocycles. The molecular formula is C10H9N5. The van der Waals surface area contributed by atoms with E-state index in [1.54, 1.807) is 27.8 Å². The molecule has 74 valence electrons. The molecule has 5 nitrogen and oxygen atoms in total. The van der Waals surface area contributed by atoms with Crippen molar-refractivity contribution in [2.45, 2.75) is 0 Å². The van der Waals surface area contributed by atoms with Crippen molar-refractivity contribution in [1.29, 1.82) is 0 Å². The Morgan fingerprint density at radius 2 is 2.07 bits per heavy atom. The van der Waals surface area contributed by atoms with Crippen LogP contribution < -0.4 is 0 Å². The highest BCUT2D eigenvalue weighted by atomic mass is 15.2. The second-order valence-corrected chi connectivity index (χ2v) is 3.38. The predicted molar refractivity (Wildman–Crippen MR) is 55.2 cm³/mol. The number of hydrogen-bond donors (Lipinski definition) is 0. The van der Waals surface area contributed by atoms with Crippen LogP contribution in [0.2, 0.25) is 0 Å². The fourth-order valence-electron chi connectivity index (χ4n) is 1.52. The van der Waals surface area contributed by atoms with Crippen molar-refractivity contribution in [3.63, 3.8) is 0 Å². The SMILES string of the molecule is Cn1cc(-c2cn3nccc3cn2)cn1. The second kappa shape index (κ2) is 2.91. The van der Waals surface area contributed by atoms with E-state index in [1.807, 2.05) is 25.5 Å². The van der Waals surface area contributed by atoms with Crippen LogP contribution in [0.4, 0.5) is 0 Å². The van der Waals surface area contributed by atoms with Crippen molar-refractivity contribution in [2.75, 3.05) is 0 Å². The molecule has 0 radical (unpaired) electrons. The van der Waals surface area contributed by atoms with Crippen LogP contribution in [0.25, 0.3) is 16.8 Å². The highest BCUT2D eigenvalue weighted by Gasteiger charge is 2.03. The van der Waals surface area contributed by atoms with Gasteiger partial charge in [-0.25, -0.2) is 4.52 Å². The third-order valence-electron chi connectivity index (χ3n) is 2.28. The van der Waals surface area contributed by atoms with E-state index >= 15 is 0 Å². The Hall–Kier alpha value is -2.17. The zero-order valence-electron chi connectivity index (χ0n) is 8.20. The van der Waals surface area contributed by atoms with E-state index in [0.29, 0.717) is 0 Å². The molecule has 0 bridgehead atoms. The first kappa shape index (κ1) is 8.16. The molecule has 0 unspecified atom stereocenters. The number of aryl methyl sites for hydroxylation is 1. The Kier molecular flexibility index (Phi) is 1.58. The van der Waals surface area contributed by atoms with Gasteiger partial charge in [0.2, 0.25) is 0 Å². The van der Waals surface area contributed by atoms with Gasteiger partial charge in [0, 0.05) is 18.8 Å². The summed E-state index contributed by atoms with van der Waals surface area (Å²) in [6.07, 6.45) is 9.17. The molecule has 0 atom stereocenters. The van der Waals surface area contributed by atoms with Gasteiger partial charge < -0.3 is 0 Å². The van der Waals surface area contributed by atoms with Crippen LogP contribution in [0.1, 0.15) is 0 Å². The lowest BCUT2D eigenvalue weighted by Crippen LogP contribution is -1.90. The highest BCUT2D eigenvalue weighted by Crippen LogP contribution is 2.15. The topological polar surface area (TPSA) is 48.0 Å². The molecule has 0 spiro atoms. The van der Waals surface area contributed by atoms with E-state index in [4.69, 9.17) is 0 Å². The minimum atomic E-state index is 0.874. The van der Waals surface area contributed by atoms with Gasteiger partial charge in [0.25, 0.3) is 0 Å². The molecule has 0 amide bonds. The minimum absolute atomic E-state index is 0.874. The van der Waals surface area contributed by atoms with Crippen molar-refractivity contribution in [3.05, 3.63) is 37.1 Å². The third kappa shape index (κ3) is 1.28. The summed E-state index contributed by atoms with van der Waals surface area (Å²) in [6.45, 7) is 0. The van der Waals surface area contributed by atoms with Crippen LogP contribution in [0, 0.1) is 0 Å². The van der Waals surface area contributed by atoms with Gasteiger partial charge in [-0.1, -0.05) is 0 Å². The second-order valence-electron chi connectivity index (χ2n) is 3.38. The minimum Gasteiger partial charge on any atom is -0.275 e. The maximum Gasteiger partial charge on any atom is 0.0917 e. The first-order valence-corrected chi connectivity index (χ1v) is 4.61. The monoisotopic (exact) mass is 199 g/mol. The van der Waals surface area contributed by atoms with Crippen LogP contribution in [0.3, 0.4) is 0 Å². The molecule has 3 aromatic rings. The zero-order chi connectivity index (χ0) is 10.3. The van der Waals surface area contributed by atoms with Crippen molar-refractivity contribution in [1.82, 2.24) is 24.4 Å². The van der Waals surface area contributed by atoms with E-state index in [-0.39, 0.29) is 0 Å². The Labute approximate surface area is 86.0 Å². The molecule has 0 aliphatic heterocycles. The molecule has 0 aromatic carbocycles. The first-order chi connectivity index (χ1) is 7.33. The van der Waals surface area contributed by atoms with Gasteiger partial charge in [-0.15, -0.1) is 0 Å². The van der Waals surface area contributed by atoms with Gasteiger partial charge in [0.15, 0.2) is 0 Å². The standard InChI is InChI=1S/C10H9N5/c1-14-6-8(4-13-14)10-7-15-9(5-11-10)2-3-12-15/h2-7H,1H3. The van der Waals surface area contributed by atoms with Gasteiger partial charge in [-0.3, -0.25) is 9.67 Å². The molecule has 0 aliphatic carbocycles. The summed E-state index contributed by atoms with van der Waals surface area (Å²) in [5.74, 6) is 0. The van der Waals surface area contributed by atoms with E-state index < -0.39 is 0 Å². The molecule has 3 rings (SSSR count). The summed E-state index contributed by atoms with van der Waals surface area (Å²) in [4.78, 5) is 4.35.